The first-order valence-corrected chi connectivity index (χ1v) is 7.16. The molecule has 1 rings (SSSR count). The van der Waals surface area contributed by atoms with Crippen molar-refractivity contribution < 1.29 is 0 Å². The molecule has 1 nitrogen and oxygen atoms in total. The summed E-state index contributed by atoms with van der Waals surface area (Å²) in [7, 11) is 0. The van der Waals surface area contributed by atoms with Crippen LogP contribution < -0.4 is 5.73 Å². The zero-order valence-electron chi connectivity index (χ0n) is 9.29. The summed E-state index contributed by atoms with van der Waals surface area (Å²) in [6.07, 6.45) is 1.29. The standard InChI is InChI=1S/C12H18BrNS/c1-9(2)5-6-15-8-10-3-4-11(13)12(14)7-10/h3-4,7,9H,5-6,8,14H2,1-2H3. The Bertz CT molecular complexity index is 312. The smallest absolute Gasteiger partial charge is 0.0461 e. The Balaban J connectivity index is 2.35. The molecule has 0 saturated heterocycles. The van der Waals surface area contributed by atoms with Gasteiger partial charge in [0.1, 0.15) is 0 Å². The third-order valence-electron chi connectivity index (χ3n) is 2.17. The van der Waals surface area contributed by atoms with E-state index in [1.807, 2.05) is 23.9 Å². The van der Waals surface area contributed by atoms with Crippen LogP contribution in [0.4, 0.5) is 5.69 Å². The summed E-state index contributed by atoms with van der Waals surface area (Å²) < 4.78 is 0.985. The van der Waals surface area contributed by atoms with Gasteiger partial charge in [-0.3, -0.25) is 0 Å². The van der Waals surface area contributed by atoms with Crippen molar-refractivity contribution in [1.29, 1.82) is 0 Å². The van der Waals surface area contributed by atoms with Crippen molar-refractivity contribution in [3.63, 3.8) is 0 Å². The number of rotatable bonds is 5. The third-order valence-corrected chi connectivity index (χ3v) is 3.95. The summed E-state index contributed by atoms with van der Waals surface area (Å²) in [5.74, 6) is 3.09. The second-order valence-electron chi connectivity index (χ2n) is 4.09. The second-order valence-corrected chi connectivity index (χ2v) is 6.05. The molecule has 0 atom stereocenters. The van der Waals surface area contributed by atoms with Crippen LogP contribution in [0.5, 0.6) is 0 Å². The molecule has 0 aromatic heterocycles. The van der Waals surface area contributed by atoms with Gasteiger partial charge in [-0.15, -0.1) is 0 Å². The van der Waals surface area contributed by atoms with E-state index in [0.29, 0.717) is 0 Å². The SMILES string of the molecule is CC(C)CCSCc1ccc(Br)c(N)c1. The molecule has 0 amide bonds. The fraction of sp³-hybridized carbons (Fsp3) is 0.500. The molecule has 1 aromatic carbocycles. The van der Waals surface area contributed by atoms with Crippen LogP contribution in [0.25, 0.3) is 0 Å². The van der Waals surface area contributed by atoms with Gasteiger partial charge in [0.2, 0.25) is 0 Å². The molecule has 3 heteroatoms. The molecule has 15 heavy (non-hydrogen) atoms. The van der Waals surface area contributed by atoms with Gasteiger partial charge in [0.25, 0.3) is 0 Å². The van der Waals surface area contributed by atoms with Crippen molar-refractivity contribution in [2.45, 2.75) is 26.0 Å². The predicted molar refractivity (Wildman–Crippen MR) is 74.2 cm³/mol. The van der Waals surface area contributed by atoms with E-state index in [1.165, 1.54) is 17.7 Å². The Morgan fingerprint density at radius 1 is 1.40 bits per heavy atom. The predicted octanol–water partition coefficient (Wildman–Crippen LogP) is 4.31. The van der Waals surface area contributed by atoms with Gasteiger partial charge in [-0.25, -0.2) is 0 Å². The number of nitrogen functional groups attached to an aromatic ring is 1. The molecule has 0 bridgehead atoms. The van der Waals surface area contributed by atoms with Crippen LogP contribution in [-0.2, 0) is 5.75 Å². The number of halogens is 1. The van der Waals surface area contributed by atoms with Crippen LogP contribution in [0.3, 0.4) is 0 Å². The van der Waals surface area contributed by atoms with E-state index >= 15 is 0 Å². The van der Waals surface area contributed by atoms with Crippen LogP contribution in [0.15, 0.2) is 22.7 Å². The number of nitrogens with two attached hydrogens (primary N) is 1. The first kappa shape index (κ1) is 12.9. The van der Waals surface area contributed by atoms with E-state index in [-0.39, 0.29) is 0 Å². The van der Waals surface area contributed by atoms with Crippen molar-refractivity contribution in [3.05, 3.63) is 28.2 Å². The summed E-state index contributed by atoms with van der Waals surface area (Å²) in [4.78, 5) is 0. The van der Waals surface area contributed by atoms with E-state index in [4.69, 9.17) is 5.73 Å². The lowest BCUT2D eigenvalue weighted by molar-refractivity contribution is 0.632. The highest BCUT2D eigenvalue weighted by molar-refractivity contribution is 9.10. The number of benzene rings is 1. The molecular formula is C12H18BrNS. The number of thioether (sulfide) groups is 1. The van der Waals surface area contributed by atoms with Crippen molar-refractivity contribution in [2.75, 3.05) is 11.5 Å². The molecule has 0 saturated carbocycles. The van der Waals surface area contributed by atoms with Crippen molar-refractivity contribution in [1.82, 2.24) is 0 Å². The van der Waals surface area contributed by atoms with E-state index in [9.17, 15) is 0 Å². The van der Waals surface area contributed by atoms with Crippen molar-refractivity contribution >= 4 is 33.4 Å². The van der Waals surface area contributed by atoms with Crippen LogP contribution in [0.2, 0.25) is 0 Å². The van der Waals surface area contributed by atoms with Crippen LogP contribution >= 0.6 is 27.7 Å². The van der Waals surface area contributed by atoms with Crippen LogP contribution in [0, 0.1) is 5.92 Å². The average molecular weight is 288 g/mol. The summed E-state index contributed by atoms with van der Waals surface area (Å²) >= 11 is 5.38. The van der Waals surface area contributed by atoms with E-state index in [2.05, 4.69) is 35.8 Å². The highest BCUT2D eigenvalue weighted by Crippen LogP contribution is 2.23. The first-order valence-electron chi connectivity index (χ1n) is 5.21. The topological polar surface area (TPSA) is 26.0 Å². The first-order chi connectivity index (χ1) is 7.09. The largest absolute Gasteiger partial charge is 0.398 e. The highest BCUT2D eigenvalue weighted by atomic mass is 79.9. The van der Waals surface area contributed by atoms with E-state index in [1.54, 1.807) is 0 Å². The Morgan fingerprint density at radius 3 is 2.73 bits per heavy atom. The minimum absolute atomic E-state index is 0.799. The van der Waals surface area contributed by atoms with Gasteiger partial charge in [0, 0.05) is 15.9 Å². The van der Waals surface area contributed by atoms with Crippen LogP contribution in [-0.4, -0.2) is 5.75 Å². The van der Waals surface area contributed by atoms with Gasteiger partial charge >= 0.3 is 0 Å². The number of hydrogen-bond acceptors (Lipinski definition) is 2. The van der Waals surface area contributed by atoms with Crippen molar-refractivity contribution in [3.8, 4) is 0 Å². The number of anilines is 1. The average Bonchev–Trinajstić information content (AvgIpc) is 2.18. The van der Waals surface area contributed by atoms with E-state index in [0.717, 1.165) is 21.8 Å². The van der Waals surface area contributed by atoms with Gasteiger partial charge in [0.05, 0.1) is 0 Å². The Hall–Kier alpha value is -0.150. The lowest BCUT2D eigenvalue weighted by Crippen LogP contribution is -1.92. The second kappa shape index (κ2) is 6.44. The summed E-state index contributed by atoms with van der Waals surface area (Å²) in [6.45, 7) is 4.52. The highest BCUT2D eigenvalue weighted by Gasteiger charge is 1.99. The van der Waals surface area contributed by atoms with Gasteiger partial charge < -0.3 is 5.73 Å². The summed E-state index contributed by atoms with van der Waals surface area (Å²) in [5.41, 5.74) is 7.96. The molecule has 2 N–H and O–H groups in total. The van der Waals surface area contributed by atoms with E-state index < -0.39 is 0 Å². The molecule has 0 unspecified atom stereocenters. The molecule has 0 aliphatic carbocycles. The maximum Gasteiger partial charge on any atom is 0.0461 e. The molecule has 0 aliphatic rings. The molecular weight excluding hydrogens is 270 g/mol. The monoisotopic (exact) mass is 287 g/mol. The molecule has 0 fully saturated rings. The molecule has 0 heterocycles. The number of hydrogen-bond donors (Lipinski definition) is 1. The summed E-state index contributed by atoms with van der Waals surface area (Å²) in [5, 5.41) is 0. The molecule has 84 valence electrons. The fourth-order valence-electron chi connectivity index (χ4n) is 1.19. The Labute approximate surface area is 105 Å². The quantitative estimate of drug-likeness (QED) is 0.645. The fourth-order valence-corrected chi connectivity index (χ4v) is 2.64. The zero-order valence-corrected chi connectivity index (χ0v) is 11.7. The Kier molecular flexibility index (Phi) is 5.54. The van der Waals surface area contributed by atoms with Gasteiger partial charge in [-0.2, -0.15) is 11.8 Å². The molecule has 0 aliphatic heterocycles. The molecule has 0 spiro atoms. The Morgan fingerprint density at radius 2 is 2.13 bits per heavy atom. The van der Waals surface area contributed by atoms with Gasteiger partial charge in [0.15, 0.2) is 0 Å². The lowest BCUT2D eigenvalue weighted by atomic mass is 10.2. The van der Waals surface area contributed by atoms with Gasteiger partial charge in [-0.05, 0) is 51.7 Å². The molecule has 1 aromatic rings. The third kappa shape index (κ3) is 4.94. The maximum atomic E-state index is 5.82. The normalized spacial score (nSPS) is 10.9. The van der Waals surface area contributed by atoms with Crippen LogP contribution in [0.1, 0.15) is 25.8 Å². The lowest BCUT2D eigenvalue weighted by Gasteiger charge is -2.06. The zero-order chi connectivity index (χ0) is 11.3. The van der Waals surface area contributed by atoms with Gasteiger partial charge in [-0.1, -0.05) is 19.9 Å². The minimum atomic E-state index is 0.799. The van der Waals surface area contributed by atoms with Crippen molar-refractivity contribution in [2.24, 2.45) is 5.92 Å². The maximum absolute atomic E-state index is 5.82. The molecule has 0 radical (unpaired) electrons. The minimum Gasteiger partial charge on any atom is -0.398 e. The summed E-state index contributed by atoms with van der Waals surface area (Å²) in [6, 6.07) is 6.20.